The molecule has 1 aromatic heterocycles. The molecule has 1 N–H and O–H groups in total. The molecule has 1 saturated carbocycles. The average molecular weight is 540 g/mol. The van der Waals surface area contributed by atoms with Gasteiger partial charge in [0.1, 0.15) is 17.8 Å². The number of likely N-dealkylation sites (tertiary alicyclic amines) is 1. The Morgan fingerprint density at radius 1 is 1.05 bits per heavy atom. The largest absolute Gasteiger partial charge is 0.379 e. The number of likely N-dealkylation sites (N-methyl/N-ethyl adjacent to an activating group) is 1. The number of nitrogens with one attached hydrogen (secondary N) is 1. The van der Waals surface area contributed by atoms with Crippen molar-refractivity contribution >= 4 is 11.7 Å². The number of methoxy groups -OCH3 is 1. The van der Waals surface area contributed by atoms with Crippen molar-refractivity contribution in [3.8, 4) is 0 Å². The Morgan fingerprint density at radius 2 is 1.72 bits per heavy atom. The summed E-state index contributed by atoms with van der Waals surface area (Å²) < 4.78 is 11.3. The van der Waals surface area contributed by atoms with Gasteiger partial charge < -0.3 is 19.7 Å². The molecule has 2 unspecified atom stereocenters. The second kappa shape index (κ2) is 15.3. The van der Waals surface area contributed by atoms with Gasteiger partial charge in [0.25, 0.3) is 5.91 Å². The van der Waals surface area contributed by atoms with Crippen molar-refractivity contribution < 1.29 is 15.7 Å². The second-order valence-electron chi connectivity index (χ2n) is 11.1. The summed E-state index contributed by atoms with van der Waals surface area (Å²) in [6, 6.07) is 12.8. The Hall–Kier alpha value is -2.55. The molecule has 0 spiro atoms. The second-order valence-corrected chi connectivity index (χ2v) is 11.1. The molecule has 3 aliphatic rings. The maximum absolute atomic E-state index is 13.3. The quantitative estimate of drug-likeness (QED) is 0.527. The molecule has 1 aromatic carbocycles. The van der Waals surface area contributed by atoms with Gasteiger partial charge in [0, 0.05) is 52.4 Å². The minimum Gasteiger partial charge on any atom is -0.379 e. The van der Waals surface area contributed by atoms with E-state index in [4.69, 9.17) is 9.47 Å². The maximum atomic E-state index is 13.3. The van der Waals surface area contributed by atoms with Gasteiger partial charge in [-0.1, -0.05) is 55.7 Å². The number of hydrogen-bond acceptors (Lipinski definition) is 7. The molecule has 0 radical (unpaired) electrons. The van der Waals surface area contributed by atoms with Crippen molar-refractivity contribution in [3.05, 3.63) is 54.0 Å². The molecule has 39 heavy (non-hydrogen) atoms. The van der Waals surface area contributed by atoms with Crippen LogP contribution in [0.1, 0.15) is 68.8 Å². The first kappa shape index (κ1) is 29.4. The molecule has 2 aromatic rings. The first-order chi connectivity index (χ1) is 19.1. The number of anilines is 1. The summed E-state index contributed by atoms with van der Waals surface area (Å²) in [4.78, 5) is 26.5. The third-order valence-corrected chi connectivity index (χ3v) is 8.66. The number of nitrogens with zero attached hydrogens (tertiary/aromatic N) is 4. The molecule has 3 fully saturated rings. The maximum Gasteiger partial charge on any atom is 0.272 e. The number of piperidine rings is 1. The summed E-state index contributed by atoms with van der Waals surface area (Å²) in [5.74, 6) is 1.54. The van der Waals surface area contributed by atoms with E-state index in [9.17, 15) is 4.79 Å². The lowest BCUT2D eigenvalue weighted by atomic mass is 9.89. The Balaban J connectivity index is 0.000000559. The number of carbonyl (C=O) groups excluding carboxylic acids is 1. The minimum absolute atomic E-state index is 0. The lowest BCUT2D eigenvalue weighted by Gasteiger charge is -2.44. The van der Waals surface area contributed by atoms with E-state index in [1.165, 1.54) is 38.4 Å². The van der Waals surface area contributed by atoms with Crippen molar-refractivity contribution in [3.63, 3.8) is 0 Å². The summed E-state index contributed by atoms with van der Waals surface area (Å²) >= 11 is 0. The van der Waals surface area contributed by atoms with E-state index in [1.807, 2.05) is 48.2 Å². The first-order valence-electron chi connectivity index (χ1n) is 14.8. The van der Waals surface area contributed by atoms with Gasteiger partial charge in [-0.2, -0.15) is 0 Å². The highest BCUT2D eigenvalue weighted by atomic mass is 16.5. The van der Waals surface area contributed by atoms with Crippen molar-refractivity contribution in [2.45, 2.75) is 76.5 Å². The van der Waals surface area contributed by atoms with E-state index >= 15 is 0 Å². The van der Waals surface area contributed by atoms with Gasteiger partial charge in [-0.3, -0.25) is 9.69 Å². The van der Waals surface area contributed by atoms with E-state index < -0.39 is 0 Å². The molecule has 2 aliphatic heterocycles. The average Bonchev–Trinajstić information content (AvgIpc) is 3.01. The third kappa shape index (κ3) is 8.22. The lowest BCUT2D eigenvalue weighted by Crippen LogP contribution is -2.54. The third-order valence-electron chi connectivity index (χ3n) is 8.66. The van der Waals surface area contributed by atoms with Crippen LogP contribution < -0.4 is 5.32 Å². The van der Waals surface area contributed by atoms with E-state index in [1.54, 1.807) is 7.11 Å². The molecule has 0 bridgehead atoms. The van der Waals surface area contributed by atoms with Gasteiger partial charge in [0.15, 0.2) is 0 Å². The van der Waals surface area contributed by atoms with Crippen LogP contribution in [-0.4, -0.2) is 90.9 Å². The number of carbonyl (C=O) groups is 1. The van der Waals surface area contributed by atoms with Crippen LogP contribution in [0.4, 0.5) is 5.82 Å². The highest BCUT2D eigenvalue weighted by Gasteiger charge is 2.35. The summed E-state index contributed by atoms with van der Waals surface area (Å²) in [5.41, 5.74) is 1.40. The van der Waals surface area contributed by atoms with E-state index in [0.717, 1.165) is 56.9 Å². The molecule has 2 saturated heterocycles. The number of hydrogen-bond donors (Lipinski definition) is 1. The smallest absolute Gasteiger partial charge is 0.272 e. The standard InChI is InChI=1S/C25H41N5O3.C6H6.H2/c1-18-23(27-17-28-24(18)26-15-19-7-5-4-6-8-19)25(31)30-12-9-20(10-13-30)29(2)21-11-14-33-16-22(21)32-3;1-2-4-6-5-3-1;/h17,19-22H,4-16H2,1-3H3,(H,26,27,28);1-6H;1H. The number of ether oxygens (including phenoxy) is 2. The monoisotopic (exact) mass is 539 g/mol. The number of amides is 1. The molecule has 8 nitrogen and oxygen atoms in total. The predicted octanol–water partition coefficient (Wildman–Crippen LogP) is 5.05. The molecule has 8 heteroatoms. The van der Waals surface area contributed by atoms with Crippen molar-refractivity contribution in [1.82, 2.24) is 19.8 Å². The van der Waals surface area contributed by atoms with Gasteiger partial charge in [-0.15, -0.1) is 0 Å². The summed E-state index contributed by atoms with van der Waals surface area (Å²) in [7, 11) is 3.97. The van der Waals surface area contributed by atoms with Crippen molar-refractivity contribution in [2.75, 3.05) is 52.3 Å². The van der Waals surface area contributed by atoms with Gasteiger partial charge in [0.2, 0.25) is 0 Å². The highest BCUT2D eigenvalue weighted by molar-refractivity contribution is 5.94. The fraction of sp³-hybridized carbons (Fsp3) is 0.645. The zero-order chi connectivity index (χ0) is 27.5. The van der Waals surface area contributed by atoms with E-state index in [-0.39, 0.29) is 13.4 Å². The van der Waals surface area contributed by atoms with Crippen LogP contribution in [0.5, 0.6) is 0 Å². The SMILES string of the molecule is COC1COCCC1N(C)C1CCN(C(=O)c2ncnc(NCC3CCCCC3)c2C)CC1.[HH].c1ccccc1. The van der Waals surface area contributed by atoms with Gasteiger partial charge >= 0.3 is 0 Å². The van der Waals surface area contributed by atoms with Crippen LogP contribution in [-0.2, 0) is 9.47 Å². The molecule has 3 heterocycles. The van der Waals surface area contributed by atoms with Crippen molar-refractivity contribution in [2.24, 2.45) is 5.92 Å². The molecular weight excluding hydrogens is 490 g/mol. The Labute approximate surface area is 236 Å². The van der Waals surface area contributed by atoms with Crippen LogP contribution in [0.2, 0.25) is 0 Å². The number of benzene rings is 1. The molecule has 2 atom stereocenters. The zero-order valence-corrected chi connectivity index (χ0v) is 24.1. The highest BCUT2D eigenvalue weighted by Crippen LogP contribution is 2.26. The zero-order valence-electron chi connectivity index (χ0n) is 24.1. The summed E-state index contributed by atoms with van der Waals surface area (Å²) in [6.07, 6.45) is 11.1. The molecule has 216 valence electrons. The summed E-state index contributed by atoms with van der Waals surface area (Å²) in [5, 5.41) is 3.50. The van der Waals surface area contributed by atoms with Crippen LogP contribution in [0, 0.1) is 12.8 Å². The van der Waals surface area contributed by atoms with Crippen LogP contribution in [0.15, 0.2) is 42.7 Å². The normalized spacial score (nSPS) is 22.7. The molecular formula is C31H49N5O3. The van der Waals surface area contributed by atoms with Crippen LogP contribution >= 0.6 is 0 Å². The van der Waals surface area contributed by atoms with Crippen LogP contribution in [0.3, 0.4) is 0 Å². The topological polar surface area (TPSA) is 79.8 Å². The number of rotatable bonds is 7. The number of aromatic nitrogens is 2. The van der Waals surface area contributed by atoms with E-state index in [2.05, 4.69) is 27.2 Å². The fourth-order valence-electron chi connectivity index (χ4n) is 6.15. The Bertz CT molecular complexity index is 973. The first-order valence-corrected chi connectivity index (χ1v) is 14.8. The van der Waals surface area contributed by atoms with E-state index in [0.29, 0.717) is 30.3 Å². The van der Waals surface area contributed by atoms with Gasteiger partial charge in [-0.25, -0.2) is 9.97 Å². The molecule has 1 aliphatic carbocycles. The Morgan fingerprint density at radius 3 is 2.36 bits per heavy atom. The minimum atomic E-state index is 0. The lowest BCUT2D eigenvalue weighted by molar-refractivity contribution is -0.0891. The molecule has 1 amide bonds. The fourth-order valence-corrected chi connectivity index (χ4v) is 6.15. The van der Waals surface area contributed by atoms with Crippen molar-refractivity contribution in [1.29, 1.82) is 0 Å². The van der Waals surface area contributed by atoms with Gasteiger partial charge in [0.05, 0.1) is 12.7 Å². The predicted molar refractivity (Wildman–Crippen MR) is 157 cm³/mol. The Kier molecular flexibility index (Phi) is 11.5. The van der Waals surface area contributed by atoms with Crippen LogP contribution in [0.25, 0.3) is 0 Å². The molecule has 5 rings (SSSR count). The summed E-state index contributed by atoms with van der Waals surface area (Å²) in [6.45, 7) is 5.85. The van der Waals surface area contributed by atoms with Gasteiger partial charge in [-0.05, 0) is 52.0 Å².